The summed E-state index contributed by atoms with van der Waals surface area (Å²) in [7, 11) is 0. The molecule has 1 rings (SSSR count). The van der Waals surface area contributed by atoms with E-state index in [9.17, 15) is 0 Å². The standard InChI is InChI=1S/C24H35N/c1-11-16(3)20(7)25-23(12-2)22-14-13-21(18(5)19(22)6)17(4)15-24(8,9)10/h11,13-14,23,25H,1,3-4,7,12,15H2,2,5-6,8-10H3/t23-/m0/s1. The second kappa shape index (κ2) is 8.38. The van der Waals surface area contributed by atoms with Crippen LogP contribution in [-0.2, 0) is 0 Å². The molecule has 0 amide bonds. The smallest absolute Gasteiger partial charge is 0.0513 e. The molecule has 0 radical (unpaired) electrons. The van der Waals surface area contributed by atoms with Crippen LogP contribution in [0.25, 0.3) is 5.57 Å². The predicted octanol–water partition coefficient (Wildman–Crippen LogP) is 7.05. The molecule has 1 aromatic rings. The molecule has 0 heterocycles. The minimum Gasteiger partial charge on any atom is -0.378 e. The molecule has 0 spiro atoms. The van der Waals surface area contributed by atoms with Gasteiger partial charge in [0.2, 0.25) is 0 Å². The van der Waals surface area contributed by atoms with E-state index in [1.807, 2.05) is 0 Å². The van der Waals surface area contributed by atoms with Gasteiger partial charge in [0.25, 0.3) is 0 Å². The van der Waals surface area contributed by atoms with Crippen LogP contribution >= 0.6 is 0 Å². The molecule has 1 atom stereocenters. The van der Waals surface area contributed by atoms with Gasteiger partial charge in [-0.25, -0.2) is 0 Å². The number of hydrogen-bond acceptors (Lipinski definition) is 1. The van der Waals surface area contributed by atoms with Gasteiger partial charge in [-0.3, -0.25) is 0 Å². The van der Waals surface area contributed by atoms with Gasteiger partial charge in [-0.05, 0) is 65.5 Å². The Bertz CT molecular complexity index is 683. The van der Waals surface area contributed by atoms with Crippen LogP contribution in [0.5, 0.6) is 0 Å². The fourth-order valence-electron chi connectivity index (χ4n) is 3.16. The first kappa shape index (κ1) is 21.0. The average Bonchev–Trinajstić information content (AvgIpc) is 2.52. The summed E-state index contributed by atoms with van der Waals surface area (Å²) in [5.41, 5.74) is 8.36. The van der Waals surface area contributed by atoms with Gasteiger partial charge in [0, 0.05) is 5.70 Å². The van der Waals surface area contributed by atoms with Crippen LogP contribution in [0, 0.1) is 19.3 Å². The lowest BCUT2D eigenvalue weighted by atomic mass is 9.83. The maximum absolute atomic E-state index is 4.34. The number of benzene rings is 1. The van der Waals surface area contributed by atoms with E-state index in [0.29, 0.717) is 0 Å². The van der Waals surface area contributed by atoms with E-state index in [1.54, 1.807) is 6.08 Å². The predicted molar refractivity (Wildman–Crippen MR) is 114 cm³/mol. The zero-order chi connectivity index (χ0) is 19.4. The third kappa shape index (κ3) is 5.49. The van der Waals surface area contributed by atoms with Crippen LogP contribution in [0.15, 0.2) is 55.8 Å². The highest BCUT2D eigenvalue weighted by Crippen LogP contribution is 2.34. The second-order valence-electron chi connectivity index (χ2n) is 8.11. The van der Waals surface area contributed by atoms with Gasteiger partial charge in [-0.15, -0.1) is 0 Å². The lowest BCUT2D eigenvalue weighted by Crippen LogP contribution is -2.21. The second-order valence-corrected chi connectivity index (χ2v) is 8.11. The molecule has 0 aliphatic heterocycles. The molecule has 0 saturated carbocycles. The van der Waals surface area contributed by atoms with Crippen molar-refractivity contribution in [3.63, 3.8) is 0 Å². The Morgan fingerprint density at radius 2 is 1.72 bits per heavy atom. The molecule has 25 heavy (non-hydrogen) atoms. The zero-order valence-electron chi connectivity index (χ0n) is 17.1. The molecule has 0 aromatic heterocycles. The van der Waals surface area contributed by atoms with Crippen LogP contribution in [0.1, 0.15) is 68.8 Å². The zero-order valence-corrected chi connectivity index (χ0v) is 17.1. The molecule has 1 nitrogen and oxygen atoms in total. The fraction of sp³-hybridized carbons (Fsp3) is 0.417. The molecular formula is C24H35N. The van der Waals surface area contributed by atoms with Gasteiger partial charge in [-0.1, -0.05) is 72.2 Å². The van der Waals surface area contributed by atoms with Crippen molar-refractivity contribution in [3.05, 3.63) is 78.0 Å². The quantitative estimate of drug-likeness (QED) is 0.501. The molecule has 0 saturated heterocycles. The van der Waals surface area contributed by atoms with Gasteiger partial charge < -0.3 is 5.32 Å². The molecule has 0 fully saturated rings. The van der Waals surface area contributed by atoms with Crippen molar-refractivity contribution in [1.82, 2.24) is 5.32 Å². The Balaban J connectivity index is 3.16. The van der Waals surface area contributed by atoms with Crippen molar-refractivity contribution < 1.29 is 0 Å². The first-order valence-electron chi connectivity index (χ1n) is 9.07. The summed E-state index contributed by atoms with van der Waals surface area (Å²) in [5, 5.41) is 3.50. The Morgan fingerprint density at radius 1 is 1.12 bits per heavy atom. The van der Waals surface area contributed by atoms with E-state index in [0.717, 1.165) is 24.1 Å². The Hall–Kier alpha value is -2.02. The maximum atomic E-state index is 4.34. The van der Waals surface area contributed by atoms with Crippen molar-refractivity contribution in [2.45, 2.75) is 60.4 Å². The van der Waals surface area contributed by atoms with Gasteiger partial charge in [0.05, 0.1) is 6.04 Å². The van der Waals surface area contributed by atoms with E-state index in [2.05, 4.69) is 85.3 Å². The van der Waals surface area contributed by atoms with Gasteiger partial charge in [0.15, 0.2) is 0 Å². The molecule has 136 valence electrons. The van der Waals surface area contributed by atoms with E-state index >= 15 is 0 Å². The molecule has 1 aromatic carbocycles. The lowest BCUT2D eigenvalue weighted by Gasteiger charge is -2.26. The molecule has 0 bridgehead atoms. The SMILES string of the molecule is C=CC(=C)C(=C)N[C@@H](CC)c1ccc(C(=C)CC(C)(C)C)c(C)c1C. The lowest BCUT2D eigenvalue weighted by molar-refractivity contribution is 0.427. The molecule has 1 heteroatoms. The summed E-state index contributed by atoms with van der Waals surface area (Å²) in [4.78, 5) is 0. The van der Waals surface area contributed by atoms with Gasteiger partial charge >= 0.3 is 0 Å². The third-order valence-corrected chi connectivity index (χ3v) is 4.72. The average molecular weight is 338 g/mol. The molecule has 1 N–H and O–H groups in total. The minimum absolute atomic E-state index is 0.216. The highest BCUT2D eigenvalue weighted by atomic mass is 14.9. The topological polar surface area (TPSA) is 12.0 Å². The number of hydrogen-bond donors (Lipinski definition) is 1. The summed E-state index contributed by atoms with van der Waals surface area (Å²) in [6, 6.07) is 4.67. The van der Waals surface area contributed by atoms with Crippen LogP contribution in [0.2, 0.25) is 0 Å². The minimum atomic E-state index is 0.216. The summed E-state index contributed by atoms with van der Waals surface area (Å²) < 4.78 is 0. The number of nitrogens with one attached hydrogen (secondary N) is 1. The number of rotatable bonds is 8. The molecule has 0 aliphatic carbocycles. The first-order valence-corrected chi connectivity index (χ1v) is 9.07. The van der Waals surface area contributed by atoms with E-state index in [-0.39, 0.29) is 11.5 Å². The Morgan fingerprint density at radius 3 is 2.20 bits per heavy atom. The highest BCUT2D eigenvalue weighted by molar-refractivity contribution is 5.68. The van der Waals surface area contributed by atoms with Crippen LogP contribution in [0.3, 0.4) is 0 Å². The summed E-state index contributed by atoms with van der Waals surface area (Å²) >= 11 is 0. The van der Waals surface area contributed by atoms with Crippen LogP contribution in [-0.4, -0.2) is 0 Å². The third-order valence-electron chi connectivity index (χ3n) is 4.72. The molecule has 0 unspecified atom stereocenters. The van der Waals surface area contributed by atoms with E-state index in [4.69, 9.17) is 0 Å². The van der Waals surface area contributed by atoms with Gasteiger partial charge in [0.1, 0.15) is 0 Å². The van der Waals surface area contributed by atoms with Crippen molar-refractivity contribution in [2.24, 2.45) is 5.41 Å². The summed E-state index contributed by atoms with van der Waals surface area (Å²) in [6.45, 7) is 29.5. The van der Waals surface area contributed by atoms with Gasteiger partial charge in [-0.2, -0.15) is 0 Å². The van der Waals surface area contributed by atoms with Crippen LogP contribution < -0.4 is 5.32 Å². The van der Waals surface area contributed by atoms with Crippen molar-refractivity contribution in [2.75, 3.05) is 0 Å². The summed E-state index contributed by atoms with van der Waals surface area (Å²) in [6.07, 6.45) is 3.71. The Kier molecular flexibility index (Phi) is 7.05. The van der Waals surface area contributed by atoms with Crippen LogP contribution in [0.4, 0.5) is 0 Å². The van der Waals surface area contributed by atoms with E-state index < -0.39 is 0 Å². The fourth-order valence-corrected chi connectivity index (χ4v) is 3.16. The van der Waals surface area contributed by atoms with Crippen molar-refractivity contribution in [1.29, 1.82) is 0 Å². The highest BCUT2D eigenvalue weighted by Gasteiger charge is 2.18. The number of allylic oxidation sites excluding steroid dienone is 2. The van der Waals surface area contributed by atoms with E-state index in [1.165, 1.54) is 27.8 Å². The molecule has 0 aliphatic rings. The maximum Gasteiger partial charge on any atom is 0.0513 e. The molecular weight excluding hydrogens is 302 g/mol. The normalized spacial score (nSPS) is 12.4. The monoisotopic (exact) mass is 337 g/mol. The summed E-state index contributed by atoms with van der Waals surface area (Å²) in [5.74, 6) is 0. The van der Waals surface area contributed by atoms with Crippen molar-refractivity contribution in [3.8, 4) is 0 Å². The first-order chi connectivity index (χ1) is 11.5. The largest absolute Gasteiger partial charge is 0.378 e. The van der Waals surface area contributed by atoms with Crippen molar-refractivity contribution >= 4 is 5.57 Å². The Labute approximate surface area is 155 Å².